The normalized spacial score (nSPS) is 9.47. The average molecular weight is 262 g/mol. The molecule has 0 aliphatic carbocycles. The Morgan fingerprint density at radius 2 is 2.00 bits per heavy atom. The number of rotatable bonds is 7. The van der Waals surface area contributed by atoms with Crippen molar-refractivity contribution in [1.82, 2.24) is 10.3 Å². The average Bonchev–Trinajstić information content (AvgIpc) is 2.30. The van der Waals surface area contributed by atoms with Gasteiger partial charge in [-0.3, -0.25) is 0 Å². The Morgan fingerprint density at radius 1 is 1.35 bits per heavy atom. The summed E-state index contributed by atoms with van der Waals surface area (Å²) < 4.78 is 0. The first-order valence-corrected chi connectivity index (χ1v) is 5.38. The molecular formula is C11H17KN3O2+. The van der Waals surface area contributed by atoms with Crippen molar-refractivity contribution < 1.29 is 56.4 Å². The van der Waals surface area contributed by atoms with E-state index < -0.39 is 0 Å². The van der Waals surface area contributed by atoms with Gasteiger partial charge < -0.3 is 5.32 Å². The van der Waals surface area contributed by atoms with Crippen molar-refractivity contribution in [3.8, 4) is 0 Å². The molecule has 0 bridgehead atoms. The molecule has 0 unspecified atom stereocenters. The minimum absolute atomic E-state index is 0. The van der Waals surface area contributed by atoms with Crippen molar-refractivity contribution in [2.24, 2.45) is 0 Å². The quantitative estimate of drug-likeness (QED) is 0.275. The van der Waals surface area contributed by atoms with E-state index in [4.69, 9.17) is 0 Å². The fraction of sp³-hybridized carbons (Fsp3) is 0.455. The van der Waals surface area contributed by atoms with Crippen LogP contribution in [0.2, 0.25) is 0 Å². The first-order valence-electron chi connectivity index (χ1n) is 5.38. The van der Waals surface area contributed by atoms with E-state index in [1.165, 1.54) is 10.6 Å². The van der Waals surface area contributed by atoms with Crippen LogP contribution in [-0.4, -0.2) is 29.7 Å². The molecule has 1 N–H and O–H groups in total. The number of nitrogens with one attached hydrogen (secondary N) is 1. The van der Waals surface area contributed by atoms with Gasteiger partial charge >= 0.3 is 51.4 Å². The van der Waals surface area contributed by atoms with Gasteiger partial charge in [0.05, 0.1) is 13.1 Å². The summed E-state index contributed by atoms with van der Waals surface area (Å²) in [7, 11) is 0. The molecule has 0 spiro atoms. The second-order valence-corrected chi connectivity index (χ2v) is 3.45. The first-order chi connectivity index (χ1) is 7.74. The minimum Gasteiger partial charge on any atom is -0.311 e. The zero-order valence-electron chi connectivity index (χ0n) is 10.4. The van der Waals surface area contributed by atoms with Gasteiger partial charge in [-0.1, -0.05) is 30.3 Å². The molecule has 1 rings (SSSR count). The van der Waals surface area contributed by atoms with Crippen LogP contribution >= 0.6 is 0 Å². The van der Waals surface area contributed by atoms with E-state index in [2.05, 4.69) is 5.32 Å². The summed E-state index contributed by atoms with van der Waals surface area (Å²) in [6, 6.07) is 9.98. The van der Waals surface area contributed by atoms with Gasteiger partial charge in [0.25, 0.3) is 0 Å². The van der Waals surface area contributed by atoms with Crippen LogP contribution in [0.15, 0.2) is 30.3 Å². The van der Waals surface area contributed by atoms with E-state index in [-0.39, 0.29) is 56.4 Å². The molecule has 0 saturated carbocycles. The van der Waals surface area contributed by atoms with Crippen molar-refractivity contribution in [2.45, 2.75) is 13.5 Å². The van der Waals surface area contributed by atoms with Gasteiger partial charge in [0.2, 0.25) is 0 Å². The van der Waals surface area contributed by atoms with Gasteiger partial charge in [0.1, 0.15) is 0 Å². The van der Waals surface area contributed by atoms with E-state index in [0.29, 0.717) is 19.6 Å². The van der Waals surface area contributed by atoms with E-state index in [1.807, 2.05) is 30.3 Å². The Kier molecular flexibility index (Phi) is 10.00. The zero-order valence-corrected chi connectivity index (χ0v) is 13.5. The molecule has 0 aliphatic heterocycles. The van der Waals surface area contributed by atoms with Crippen LogP contribution in [0.5, 0.6) is 0 Å². The largest absolute Gasteiger partial charge is 1.00 e. The molecule has 1 aromatic rings. The molecule has 0 heterocycles. The van der Waals surface area contributed by atoms with Crippen molar-refractivity contribution in [1.29, 1.82) is 0 Å². The standard InChI is InChI=1S/C11H17N3O2.K/c1-2-13(14(15)16)9-8-12-10-11-6-4-3-5-7-11;/h3-7,12H,2,8-10H2,1H3;/q;+1. The summed E-state index contributed by atoms with van der Waals surface area (Å²) in [5.41, 5.74) is 1.19. The molecule has 88 valence electrons. The second-order valence-electron chi connectivity index (χ2n) is 3.45. The van der Waals surface area contributed by atoms with Crippen molar-refractivity contribution >= 4 is 0 Å². The fourth-order valence-corrected chi connectivity index (χ4v) is 1.39. The second kappa shape index (κ2) is 9.99. The monoisotopic (exact) mass is 262 g/mol. The third-order valence-electron chi connectivity index (χ3n) is 2.31. The van der Waals surface area contributed by atoms with E-state index in [9.17, 15) is 10.1 Å². The molecule has 0 fully saturated rings. The molecule has 1 aromatic carbocycles. The first kappa shape index (κ1) is 17.0. The molecule has 0 aliphatic rings. The van der Waals surface area contributed by atoms with Crippen LogP contribution in [0.25, 0.3) is 0 Å². The number of hydrogen-bond donors (Lipinski definition) is 1. The molecular weight excluding hydrogens is 245 g/mol. The summed E-state index contributed by atoms with van der Waals surface area (Å²) in [5, 5.41) is 14.5. The van der Waals surface area contributed by atoms with Crippen LogP contribution in [0, 0.1) is 10.1 Å². The summed E-state index contributed by atoms with van der Waals surface area (Å²) in [6.45, 7) is 4.00. The number of benzene rings is 1. The number of hydrogen-bond acceptors (Lipinski definition) is 3. The summed E-state index contributed by atoms with van der Waals surface area (Å²) in [5.74, 6) is 0. The van der Waals surface area contributed by atoms with Crippen LogP contribution in [0.1, 0.15) is 12.5 Å². The molecule has 0 amide bonds. The van der Waals surface area contributed by atoms with E-state index >= 15 is 0 Å². The molecule has 0 radical (unpaired) electrons. The molecule has 17 heavy (non-hydrogen) atoms. The summed E-state index contributed by atoms with van der Waals surface area (Å²) >= 11 is 0. The Labute approximate surface area is 144 Å². The van der Waals surface area contributed by atoms with Crippen molar-refractivity contribution in [3.63, 3.8) is 0 Å². The van der Waals surface area contributed by atoms with Crippen LogP contribution in [0.4, 0.5) is 0 Å². The fourth-order valence-electron chi connectivity index (χ4n) is 1.39. The maximum Gasteiger partial charge on any atom is 1.00 e. The topological polar surface area (TPSA) is 58.4 Å². The van der Waals surface area contributed by atoms with Gasteiger partial charge in [-0.25, -0.2) is 10.1 Å². The number of hydrazine groups is 1. The van der Waals surface area contributed by atoms with Crippen LogP contribution < -0.4 is 56.7 Å². The van der Waals surface area contributed by atoms with Gasteiger partial charge in [-0.15, -0.1) is 5.01 Å². The van der Waals surface area contributed by atoms with E-state index in [1.54, 1.807) is 6.92 Å². The van der Waals surface area contributed by atoms with E-state index in [0.717, 1.165) is 6.54 Å². The Bertz CT molecular complexity index is 322. The maximum atomic E-state index is 10.5. The third-order valence-corrected chi connectivity index (χ3v) is 2.31. The molecule has 5 nitrogen and oxygen atoms in total. The van der Waals surface area contributed by atoms with Crippen molar-refractivity contribution in [3.05, 3.63) is 46.0 Å². The number of likely N-dealkylation sites (N-methyl/N-ethyl adjacent to an activating group) is 1. The summed E-state index contributed by atoms with van der Waals surface area (Å²) in [4.78, 5) is 10.5. The van der Waals surface area contributed by atoms with Crippen LogP contribution in [-0.2, 0) is 6.54 Å². The van der Waals surface area contributed by atoms with Crippen molar-refractivity contribution in [2.75, 3.05) is 19.6 Å². The minimum atomic E-state index is -0.357. The SMILES string of the molecule is CCN(CCNCc1ccccc1)[N+](=O)[O-].[K+]. The molecule has 0 aromatic heterocycles. The molecule has 0 atom stereocenters. The van der Waals surface area contributed by atoms with Gasteiger partial charge in [-0.05, 0) is 12.5 Å². The Morgan fingerprint density at radius 3 is 2.53 bits per heavy atom. The predicted octanol–water partition coefficient (Wildman–Crippen LogP) is -1.71. The Hall–Kier alpha value is 0.0164. The van der Waals surface area contributed by atoms with Gasteiger partial charge in [0, 0.05) is 13.1 Å². The Balaban J connectivity index is 0.00000256. The summed E-state index contributed by atoms with van der Waals surface area (Å²) in [6.07, 6.45) is 0. The van der Waals surface area contributed by atoms with Gasteiger partial charge in [0.15, 0.2) is 5.03 Å². The molecule has 0 saturated heterocycles. The predicted molar refractivity (Wildman–Crippen MR) is 62.4 cm³/mol. The van der Waals surface area contributed by atoms with Crippen LogP contribution in [0.3, 0.4) is 0 Å². The molecule has 6 heteroatoms. The zero-order chi connectivity index (χ0) is 11.8. The number of nitro groups is 1. The number of nitrogens with zero attached hydrogens (tertiary/aromatic N) is 2. The third kappa shape index (κ3) is 7.12. The maximum absolute atomic E-state index is 10.5. The van der Waals surface area contributed by atoms with Gasteiger partial charge in [-0.2, -0.15) is 0 Å². The smallest absolute Gasteiger partial charge is 0.311 e.